The lowest BCUT2D eigenvalue weighted by Gasteiger charge is -2.18. The van der Waals surface area contributed by atoms with Gasteiger partial charge in [-0.05, 0) is 34.6 Å². The first kappa shape index (κ1) is 11.2. The predicted octanol–water partition coefficient (Wildman–Crippen LogP) is 2.28. The van der Waals surface area contributed by atoms with E-state index in [1.165, 1.54) is 0 Å². The van der Waals surface area contributed by atoms with Crippen molar-refractivity contribution in [1.82, 2.24) is 0 Å². The lowest BCUT2D eigenvalue weighted by molar-refractivity contribution is -0.283. The van der Waals surface area contributed by atoms with Gasteiger partial charge in [0, 0.05) is 0 Å². The third-order valence-electron chi connectivity index (χ3n) is 0.698. The Kier molecular flexibility index (Phi) is 4.03. The predicted molar refractivity (Wildman–Crippen MR) is 43.5 cm³/mol. The van der Waals surface area contributed by atoms with Gasteiger partial charge in [0.15, 0.2) is 0 Å². The van der Waals surface area contributed by atoms with E-state index in [1.807, 2.05) is 0 Å². The molecule has 0 aliphatic rings. The van der Waals surface area contributed by atoms with Crippen LogP contribution in [-0.4, -0.2) is 17.9 Å². The molecule has 0 aromatic rings. The fourth-order valence-corrected chi connectivity index (χ4v) is 0.403. The molecule has 0 aromatic heterocycles. The van der Waals surface area contributed by atoms with Gasteiger partial charge in [0.05, 0.1) is 6.10 Å². The van der Waals surface area contributed by atoms with Crippen LogP contribution in [0.5, 0.6) is 0 Å². The van der Waals surface area contributed by atoms with Gasteiger partial charge in [0.1, 0.15) is 5.60 Å². The van der Waals surface area contributed by atoms with Gasteiger partial charge in [0.2, 0.25) is 0 Å². The van der Waals surface area contributed by atoms with E-state index in [9.17, 15) is 4.79 Å². The average Bonchev–Trinajstić information content (AvgIpc) is 1.79. The standard InChI is InChI=1S/C8H16O4/c1-6(2)11-12-7(9)10-8(3,4)5/h6H,1-5H3. The molecule has 72 valence electrons. The second-order valence-corrected chi connectivity index (χ2v) is 3.69. The number of carbonyl (C=O) groups is 1. The van der Waals surface area contributed by atoms with Crippen molar-refractivity contribution in [2.75, 3.05) is 0 Å². The van der Waals surface area contributed by atoms with E-state index < -0.39 is 11.8 Å². The Balaban J connectivity index is 3.61. The molecule has 4 heteroatoms. The monoisotopic (exact) mass is 176 g/mol. The Morgan fingerprint density at radius 1 is 1.25 bits per heavy atom. The van der Waals surface area contributed by atoms with Crippen molar-refractivity contribution in [2.45, 2.75) is 46.3 Å². The van der Waals surface area contributed by atoms with E-state index in [0.717, 1.165) is 0 Å². The second-order valence-electron chi connectivity index (χ2n) is 3.69. The Morgan fingerprint density at radius 3 is 2.08 bits per heavy atom. The van der Waals surface area contributed by atoms with Crippen LogP contribution in [0.15, 0.2) is 0 Å². The maximum atomic E-state index is 10.8. The molecule has 0 amide bonds. The number of ether oxygens (including phenoxy) is 1. The van der Waals surface area contributed by atoms with Crippen LogP contribution in [0.3, 0.4) is 0 Å². The van der Waals surface area contributed by atoms with Crippen molar-refractivity contribution in [2.24, 2.45) is 0 Å². The molecule has 0 saturated heterocycles. The number of hydrogen-bond acceptors (Lipinski definition) is 4. The van der Waals surface area contributed by atoms with E-state index in [2.05, 4.69) is 9.78 Å². The van der Waals surface area contributed by atoms with E-state index in [4.69, 9.17) is 4.74 Å². The van der Waals surface area contributed by atoms with Crippen molar-refractivity contribution < 1.29 is 19.3 Å². The van der Waals surface area contributed by atoms with Crippen LogP contribution >= 0.6 is 0 Å². The highest BCUT2D eigenvalue weighted by Crippen LogP contribution is 2.08. The van der Waals surface area contributed by atoms with Gasteiger partial charge in [-0.1, -0.05) is 0 Å². The fourth-order valence-electron chi connectivity index (χ4n) is 0.403. The largest absolute Gasteiger partial charge is 0.540 e. The van der Waals surface area contributed by atoms with E-state index in [-0.39, 0.29) is 6.10 Å². The highest BCUT2D eigenvalue weighted by molar-refractivity contribution is 5.59. The summed E-state index contributed by atoms with van der Waals surface area (Å²) in [6.45, 7) is 8.77. The van der Waals surface area contributed by atoms with Crippen LogP contribution in [-0.2, 0) is 14.5 Å². The summed E-state index contributed by atoms with van der Waals surface area (Å²) >= 11 is 0. The first-order valence-corrected chi connectivity index (χ1v) is 3.87. The van der Waals surface area contributed by atoms with Crippen molar-refractivity contribution in [3.63, 3.8) is 0 Å². The Bertz CT molecular complexity index is 146. The molecule has 0 radical (unpaired) electrons. The third kappa shape index (κ3) is 7.34. The van der Waals surface area contributed by atoms with Gasteiger partial charge < -0.3 is 4.74 Å². The molecular formula is C8H16O4. The van der Waals surface area contributed by atoms with Crippen molar-refractivity contribution in [1.29, 1.82) is 0 Å². The molecule has 0 spiro atoms. The van der Waals surface area contributed by atoms with E-state index in [1.54, 1.807) is 34.6 Å². The fraction of sp³-hybridized carbons (Fsp3) is 0.875. The molecule has 0 rings (SSSR count). The molecule has 12 heavy (non-hydrogen) atoms. The molecule has 0 aliphatic heterocycles. The number of hydrogen-bond donors (Lipinski definition) is 0. The molecule has 0 heterocycles. The molecule has 0 atom stereocenters. The number of rotatable bonds is 2. The van der Waals surface area contributed by atoms with E-state index >= 15 is 0 Å². The van der Waals surface area contributed by atoms with Crippen molar-refractivity contribution in [3.05, 3.63) is 0 Å². The van der Waals surface area contributed by atoms with Crippen LogP contribution in [0.25, 0.3) is 0 Å². The Labute approximate surface area is 72.7 Å². The van der Waals surface area contributed by atoms with Crippen LogP contribution in [0, 0.1) is 0 Å². The average molecular weight is 176 g/mol. The lowest BCUT2D eigenvalue weighted by Crippen LogP contribution is -2.25. The summed E-state index contributed by atoms with van der Waals surface area (Å²) in [7, 11) is 0. The molecule has 4 nitrogen and oxygen atoms in total. The maximum absolute atomic E-state index is 10.8. The second kappa shape index (κ2) is 4.30. The third-order valence-corrected chi connectivity index (χ3v) is 0.698. The minimum atomic E-state index is -0.809. The molecule has 0 aromatic carbocycles. The first-order chi connectivity index (χ1) is 5.31. The van der Waals surface area contributed by atoms with Gasteiger partial charge in [0.25, 0.3) is 0 Å². The quantitative estimate of drug-likeness (QED) is 0.368. The Morgan fingerprint density at radius 2 is 1.75 bits per heavy atom. The smallest absolute Gasteiger partial charge is 0.427 e. The van der Waals surface area contributed by atoms with Crippen molar-refractivity contribution in [3.8, 4) is 0 Å². The number of carbonyl (C=O) groups excluding carboxylic acids is 1. The minimum Gasteiger partial charge on any atom is -0.427 e. The molecule has 0 aliphatic carbocycles. The van der Waals surface area contributed by atoms with Crippen LogP contribution in [0.2, 0.25) is 0 Å². The molecular weight excluding hydrogens is 160 g/mol. The highest BCUT2D eigenvalue weighted by Gasteiger charge is 2.18. The summed E-state index contributed by atoms with van der Waals surface area (Å²) in [5, 5.41) is 0. The van der Waals surface area contributed by atoms with Crippen molar-refractivity contribution >= 4 is 6.16 Å². The maximum Gasteiger partial charge on any atom is 0.540 e. The Hall–Kier alpha value is -0.770. The zero-order valence-electron chi connectivity index (χ0n) is 8.21. The highest BCUT2D eigenvalue weighted by atomic mass is 17.2. The summed E-state index contributed by atoms with van der Waals surface area (Å²) in [4.78, 5) is 19.7. The molecule has 0 fully saturated rings. The van der Waals surface area contributed by atoms with E-state index in [0.29, 0.717) is 0 Å². The van der Waals surface area contributed by atoms with Gasteiger partial charge in [-0.25, -0.2) is 4.79 Å². The summed E-state index contributed by atoms with van der Waals surface area (Å²) < 4.78 is 4.80. The van der Waals surface area contributed by atoms with Gasteiger partial charge in [-0.15, -0.1) is 0 Å². The van der Waals surface area contributed by atoms with Gasteiger partial charge in [-0.2, -0.15) is 4.89 Å². The summed E-state index contributed by atoms with van der Waals surface area (Å²) in [5.74, 6) is 0. The zero-order chi connectivity index (χ0) is 9.78. The minimum absolute atomic E-state index is 0.155. The molecule has 0 bridgehead atoms. The zero-order valence-corrected chi connectivity index (χ0v) is 8.21. The SMILES string of the molecule is CC(C)OOC(=O)OC(C)(C)C. The topological polar surface area (TPSA) is 44.8 Å². The normalized spacial score (nSPS) is 11.5. The van der Waals surface area contributed by atoms with Gasteiger partial charge >= 0.3 is 6.16 Å². The molecule has 0 saturated carbocycles. The van der Waals surface area contributed by atoms with Crippen LogP contribution in [0.4, 0.5) is 4.79 Å². The molecule has 0 N–H and O–H groups in total. The summed E-state index contributed by atoms with van der Waals surface area (Å²) in [5.41, 5.74) is -0.544. The first-order valence-electron chi connectivity index (χ1n) is 3.87. The molecule has 0 unspecified atom stereocenters. The van der Waals surface area contributed by atoms with Crippen LogP contribution in [0.1, 0.15) is 34.6 Å². The summed E-state index contributed by atoms with van der Waals surface area (Å²) in [6, 6.07) is 0. The lowest BCUT2D eigenvalue weighted by atomic mass is 10.2. The van der Waals surface area contributed by atoms with Gasteiger partial charge in [-0.3, -0.25) is 4.89 Å². The van der Waals surface area contributed by atoms with Crippen LogP contribution < -0.4 is 0 Å². The summed E-state index contributed by atoms with van der Waals surface area (Å²) in [6.07, 6.45) is -0.964.